The van der Waals surface area contributed by atoms with Gasteiger partial charge in [0.25, 0.3) is 0 Å². The number of nitrogens with zero attached hydrogens (tertiary/aromatic N) is 3. The van der Waals surface area contributed by atoms with E-state index in [0.717, 1.165) is 56.4 Å². The number of allylic oxidation sites excluding steroid dienone is 1. The number of likely N-dealkylation sites (N-methyl/N-ethyl adjacent to an activating group) is 2. The Morgan fingerprint density at radius 3 is 2.09 bits per heavy atom. The second kappa shape index (κ2) is 32.3. The highest BCUT2D eigenvalue weighted by atomic mass is 16.5. The van der Waals surface area contributed by atoms with Crippen LogP contribution in [0.2, 0.25) is 0 Å². The zero-order chi connectivity index (χ0) is 68.6. The second-order valence-corrected chi connectivity index (χ2v) is 26.2. The number of urea groups is 1. The Morgan fingerprint density at radius 1 is 0.785 bits per heavy atom. The average Bonchev–Trinajstić information content (AvgIpc) is 1.66. The normalized spacial score (nSPS) is 14.7. The minimum Gasteiger partial charge on any atom is -0.478 e. The van der Waals surface area contributed by atoms with Crippen molar-refractivity contribution < 1.29 is 53.0 Å². The van der Waals surface area contributed by atoms with Crippen molar-refractivity contribution in [1.29, 1.82) is 0 Å². The van der Waals surface area contributed by atoms with Crippen LogP contribution in [0.15, 0.2) is 109 Å². The number of hydrogen-bond acceptors (Lipinski definition) is 11. The maximum Gasteiger partial charge on any atom is 0.407 e. The quantitative estimate of drug-likeness (QED) is 0.0168. The molecule has 0 radical (unpaired) electrons. The number of hydrogen-bond donors (Lipinski definition) is 9. The Balaban J connectivity index is 1.05. The summed E-state index contributed by atoms with van der Waals surface area (Å²) in [7, 11) is 5.22. The Kier molecular flexibility index (Phi) is 25.3. The molecule has 93 heavy (non-hydrogen) atoms. The molecule has 0 aliphatic carbocycles. The molecule has 22 nitrogen and oxygen atoms in total. The molecule has 5 aromatic rings. The number of primary amides is 1. The standard InChI is InChI=1S/C71H95N11O11/c1-15-47-37-48-21-17-19-25-55(48)82(39-49-22-16-18-23-51(47)49)59(84)33-32-58(83)78-60(43(4)5)64(86)77-54(24-20-34-74-68(72)91)63(85)76-50-29-26-45(27-30-50)41-93-69(92)75-38-46-28-31-56-52(36-46)53(40-80(56)13)71(10,11)61(73-12)65(87)79-62(70(7,8)9)66(88)81(14)57(42(2)3)35-44(6)67(89)90/h16-19,21-23,25-31,35-37,40,42-43,54,57,60-62,73H,15,20,24,32-34,38-39,41H2,1-14H3,(H,75,92)(H,76,85)(H,77,86)(H,78,83)(H,79,87)(H,89,90)(H3,72,74,91)/b44-35+,47-37-/t54-,57+,60-,61-,62+/m0/s1. The highest BCUT2D eigenvalue weighted by Gasteiger charge is 2.43. The van der Waals surface area contributed by atoms with Crippen LogP contribution in [-0.2, 0) is 70.5 Å². The number of carbonyl (C=O) groups is 9. The van der Waals surface area contributed by atoms with Crippen molar-refractivity contribution in [3.63, 3.8) is 0 Å². The van der Waals surface area contributed by atoms with E-state index in [4.69, 9.17) is 10.5 Å². The van der Waals surface area contributed by atoms with Gasteiger partial charge in [-0.15, -0.1) is 0 Å². The number of carboxylic acids is 1. The summed E-state index contributed by atoms with van der Waals surface area (Å²) in [4.78, 5) is 124. The molecule has 4 aromatic carbocycles. The van der Waals surface area contributed by atoms with Crippen LogP contribution in [0.3, 0.4) is 0 Å². The van der Waals surface area contributed by atoms with E-state index in [1.807, 2.05) is 127 Å². The van der Waals surface area contributed by atoms with E-state index in [0.29, 0.717) is 17.8 Å². The van der Waals surface area contributed by atoms with E-state index in [1.54, 1.807) is 63.2 Å². The molecule has 1 aliphatic rings. The zero-order valence-electron chi connectivity index (χ0n) is 56.2. The molecule has 5 atom stereocenters. The second-order valence-electron chi connectivity index (χ2n) is 26.2. The molecule has 22 heteroatoms. The van der Waals surface area contributed by atoms with Gasteiger partial charge >= 0.3 is 18.1 Å². The fraction of sp³-hybridized carbons (Fsp3) is 0.451. The van der Waals surface area contributed by atoms with Crippen LogP contribution in [-0.4, -0.2) is 119 Å². The van der Waals surface area contributed by atoms with Crippen molar-refractivity contribution in [3.8, 4) is 0 Å². The first-order chi connectivity index (χ1) is 43.9. The Labute approximate surface area is 546 Å². The lowest BCUT2D eigenvalue weighted by Crippen LogP contribution is -2.61. The van der Waals surface area contributed by atoms with Crippen LogP contribution in [0.25, 0.3) is 22.6 Å². The number of benzene rings is 4. The lowest BCUT2D eigenvalue weighted by molar-refractivity contribution is -0.141. The number of aromatic nitrogens is 1. The predicted octanol–water partition coefficient (Wildman–Crippen LogP) is 8.81. The van der Waals surface area contributed by atoms with Gasteiger partial charge < -0.3 is 67.2 Å². The lowest BCUT2D eigenvalue weighted by Gasteiger charge is -2.39. The van der Waals surface area contributed by atoms with E-state index < -0.39 is 88.7 Å². The molecule has 0 saturated heterocycles. The number of nitrogens with two attached hydrogens (primary N) is 1. The molecule has 6 rings (SSSR count). The average molecular weight is 1280 g/mol. The van der Waals surface area contributed by atoms with Crippen molar-refractivity contribution >= 4 is 87.5 Å². The van der Waals surface area contributed by atoms with Crippen LogP contribution in [0.4, 0.5) is 21.0 Å². The van der Waals surface area contributed by atoms with Gasteiger partial charge in [0.15, 0.2) is 0 Å². The Hall–Kier alpha value is -9.31. The Bertz CT molecular complexity index is 3600. The van der Waals surface area contributed by atoms with Crippen molar-refractivity contribution in [1.82, 2.24) is 41.4 Å². The largest absolute Gasteiger partial charge is 0.478 e. The van der Waals surface area contributed by atoms with E-state index in [1.165, 1.54) is 11.8 Å². The van der Waals surface area contributed by atoms with Gasteiger partial charge in [-0.05, 0) is 126 Å². The third kappa shape index (κ3) is 19.1. The third-order valence-corrected chi connectivity index (χ3v) is 17.0. The van der Waals surface area contributed by atoms with Gasteiger partial charge in [0.1, 0.15) is 24.7 Å². The molecule has 9 amide bonds. The summed E-state index contributed by atoms with van der Waals surface area (Å²) in [5.41, 5.74) is 12.1. The van der Waals surface area contributed by atoms with Gasteiger partial charge in [0.05, 0.1) is 24.3 Å². The fourth-order valence-electron chi connectivity index (χ4n) is 11.7. The van der Waals surface area contributed by atoms with Gasteiger partial charge in [0.2, 0.25) is 35.4 Å². The van der Waals surface area contributed by atoms with E-state index in [2.05, 4.69) is 56.3 Å². The number of aliphatic carboxylic acids is 1. The number of ether oxygens (including phenoxy) is 1. The minimum atomic E-state index is -1.11. The lowest BCUT2D eigenvalue weighted by atomic mass is 9.76. The number of carboxylic acid groups (broad SMARTS) is 1. The molecule has 0 unspecified atom stereocenters. The van der Waals surface area contributed by atoms with E-state index >= 15 is 0 Å². The molecule has 1 aliphatic heterocycles. The van der Waals surface area contributed by atoms with Gasteiger partial charge in [-0.1, -0.05) is 136 Å². The first-order valence-electron chi connectivity index (χ1n) is 31.7. The highest BCUT2D eigenvalue weighted by molar-refractivity contribution is 6.01. The number of para-hydroxylation sites is 1. The molecular formula is C71H95N11O11. The Morgan fingerprint density at radius 2 is 1.45 bits per heavy atom. The smallest absolute Gasteiger partial charge is 0.407 e. The number of alkyl carbamates (subject to hydrolysis) is 1. The maximum absolute atomic E-state index is 14.5. The SMILES string of the molecule is CC/C1=C/c2ccccc2N(C(=O)CCC(=O)N[C@H](C(=O)N[C@@H](CCCNC(N)=O)C(=O)Nc2ccc(COC(=O)NCc3ccc4c(c3)c(C(C)(C)[C@@H](NC)C(=O)N[C@H](C(=O)N(C)[C@H](/C=C(\C)C(=O)O)C(C)C)C(C)(C)C)cn4C)cc2)C(C)C)Cc2ccccc21. The van der Waals surface area contributed by atoms with Gasteiger partial charge in [-0.3, -0.25) is 28.8 Å². The summed E-state index contributed by atoms with van der Waals surface area (Å²) in [5.74, 6) is -4.33. The van der Waals surface area contributed by atoms with Crippen molar-refractivity contribution in [2.45, 2.75) is 164 Å². The minimum absolute atomic E-state index is 0.0926. The fourth-order valence-corrected chi connectivity index (χ4v) is 11.7. The van der Waals surface area contributed by atoms with E-state index in [9.17, 15) is 48.3 Å². The van der Waals surface area contributed by atoms with Crippen LogP contribution in [0.1, 0.15) is 142 Å². The van der Waals surface area contributed by atoms with E-state index in [-0.39, 0.29) is 68.7 Å². The monoisotopic (exact) mass is 1280 g/mol. The van der Waals surface area contributed by atoms with Crippen LogP contribution < -0.4 is 47.9 Å². The van der Waals surface area contributed by atoms with Crippen molar-refractivity contribution in [2.75, 3.05) is 30.9 Å². The highest BCUT2D eigenvalue weighted by Crippen LogP contribution is 2.37. The maximum atomic E-state index is 14.5. The molecule has 0 saturated carbocycles. The van der Waals surface area contributed by atoms with Gasteiger partial charge in [-0.2, -0.15) is 0 Å². The number of nitrogens with one attached hydrogen (secondary N) is 7. The van der Waals surface area contributed by atoms with Crippen LogP contribution in [0, 0.1) is 17.3 Å². The topological polar surface area (TPSA) is 305 Å². The molecule has 2 heterocycles. The summed E-state index contributed by atoms with van der Waals surface area (Å²) >= 11 is 0. The zero-order valence-corrected chi connectivity index (χ0v) is 56.2. The first-order valence-corrected chi connectivity index (χ1v) is 31.7. The summed E-state index contributed by atoms with van der Waals surface area (Å²) < 4.78 is 7.55. The van der Waals surface area contributed by atoms with Crippen LogP contribution in [0.5, 0.6) is 0 Å². The number of fused-ring (bicyclic) bond motifs is 3. The van der Waals surface area contributed by atoms with Crippen molar-refractivity contribution in [3.05, 3.63) is 142 Å². The molecule has 0 fully saturated rings. The molecular weight excluding hydrogens is 1180 g/mol. The van der Waals surface area contributed by atoms with Crippen LogP contribution >= 0.6 is 0 Å². The molecule has 0 bridgehead atoms. The molecule has 500 valence electrons. The number of aryl methyl sites for hydroxylation is 1. The molecule has 0 spiro atoms. The number of rotatable bonds is 28. The summed E-state index contributed by atoms with van der Waals surface area (Å²) in [6.07, 6.45) is 5.78. The molecule has 1 aromatic heterocycles. The first kappa shape index (κ1) is 72.7. The summed E-state index contributed by atoms with van der Waals surface area (Å²) in [6.45, 7) is 20.8. The third-order valence-electron chi connectivity index (χ3n) is 17.0. The summed E-state index contributed by atoms with van der Waals surface area (Å²) in [6, 6.07) is 22.7. The number of carbonyl (C=O) groups excluding carboxylic acids is 8. The van der Waals surface area contributed by atoms with Crippen molar-refractivity contribution in [2.24, 2.45) is 30.0 Å². The number of anilines is 2. The predicted molar refractivity (Wildman–Crippen MR) is 362 cm³/mol. The number of amides is 9. The van der Waals surface area contributed by atoms with Gasteiger partial charge in [0, 0.05) is 73.8 Å². The summed E-state index contributed by atoms with van der Waals surface area (Å²) in [5, 5.41) is 30.4. The van der Waals surface area contributed by atoms with Gasteiger partial charge in [-0.25, -0.2) is 14.4 Å². The molecule has 10 N–H and O–H groups in total.